The summed E-state index contributed by atoms with van der Waals surface area (Å²) in [6.07, 6.45) is 3.24. The van der Waals surface area contributed by atoms with Crippen LogP contribution in [0.25, 0.3) is 10.9 Å². The van der Waals surface area contributed by atoms with E-state index in [4.69, 9.17) is 0 Å². The Hall–Kier alpha value is -1.53. The Morgan fingerprint density at radius 2 is 2.07 bits per heavy atom. The van der Waals surface area contributed by atoms with Crippen LogP contribution in [-0.4, -0.2) is 59.1 Å². The topological polar surface area (TPSA) is 51.4 Å². The Bertz CT molecular complexity index is 904. The molecule has 0 spiro atoms. The average molecular weight is 461 g/mol. The van der Waals surface area contributed by atoms with Crippen LogP contribution >= 0.6 is 15.9 Å². The van der Waals surface area contributed by atoms with Crippen LogP contribution < -0.4 is 5.32 Å². The molecule has 1 saturated heterocycles. The molecular weight excluding hydrogens is 428 g/mol. The van der Waals surface area contributed by atoms with Gasteiger partial charge in [0.05, 0.1) is 0 Å². The van der Waals surface area contributed by atoms with E-state index in [9.17, 15) is 4.79 Å². The van der Waals surface area contributed by atoms with Gasteiger partial charge in [0.1, 0.15) is 0 Å². The summed E-state index contributed by atoms with van der Waals surface area (Å²) in [5, 5.41) is 4.76. The van der Waals surface area contributed by atoms with E-state index in [0.717, 1.165) is 49.9 Å². The number of urea groups is 1. The van der Waals surface area contributed by atoms with Crippen molar-refractivity contribution in [3.63, 3.8) is 0 Å². The zero-order valence-electron chi connectivity index (χ0n) is 18.0. The van der Waals surface area contributed by atoms with Crippen molar-refractivity contribution in [2.45, 2.75) is 65.0 Å². The number of nitrogens with one attached hydrogen (secondary N) is 2. The van der Waals surface area contributed by atoms with Crippen LogP contribution in [0.5, 0.6) is 0 Å². The Labute approximate surface area is 182 Å². The van der Waals surface area contributed by atoms with Gasteiger partial charge in [-0.3, -0.25) is 4.90 Å². The number of hydrogen-bond donors (Lipinski definition) is 2. The number of fused-ring (bicyclic) bond motifs is 2. The lowest BCUT2D eigenvalue weighted by Gasteiger charge is -2.47. The number of carbonyl (C=O) groups excluding carboxylic acids is 1. The molecular formula is C23H33BrN4O. The van der Waals surface area contributed by atoms with Crippen molar-refractivity contribution >= 4 is 32.9 Å². The smallest absolute Gasteiger partial charge is 0.317 e. The molecule has 5 nitrogen and oxygen atoms in total. The molecule has 2 heterocycles. The normalized spacial score (nSPS) is 23.8. The monoisotopic (exact) mass is 460 g/mol. The highest BCUT2D eigenvalue weighted by Gasteiger charge is 2.41. The highest BCUT2D eigenvalue weighted by molar-refractivity contribution is 9.10. The van der Waals surface area contributed by atoms with Gasteiger partial charge in [0.25, 0.3) is 0 Å². The van der Waals surface area contributed by atoms with E-state index in [2.05, 4.69) is 57.1 Å². The van der Waals surface area contributed by atoms with Gasteiger partial charge in [-0.15, -0.1) is 0 Å². The van der Waals surface area contributed by atoms with Crippen LogP contribution in [0.4, 0.5) is 4.79 Å². The van der Waals surface area contributed by atoms with Gasteiger partial charge >= 0.3 is 6.03 Å². The zero-order valence-corrected chi connectivity index (χ0v) is 19.6. The summed E-state index contributed by atoms with van der Waals surface area (Å²) in [5.41, 5.74) is 5.45. The second-order valence-electron chi connectivity index (χ2n) is 8.57. The lowest BCUT2D eigenvalue weighted by Crippen LogP contribution is -2.57. The van der Waals surface area contributed by atoms with Crippen molar-refractivity contribution in [1.82, 2.24) is 20.1 Å². The van der Waals surface area contributed by atoms with Crippen molar-refractivity contribution in [1.29, 1.82) is 0 Å². The number of aromatic nitrogens is 1. The standard InChI is InChI=1S/C23H33BrN4O/c1-5-8-28-13-16(26-23(29)27(6-2)7-3)11-18-19-9-15(24)10-20-22(19)17(12-21(18)28)14(4)25-20/h9-10,16,18,21,25H,5-8,11-13H2,1-4H3,(H,26,29)/t16-,18?,21+/m0/s1. The van der Waals surface area contributed by atoms with E-state index < -0.39 is 0 Å². The van der Waals surface area contributed by atoms with Gasteiger partial charge < -0.3 is 15.2 Å². The molecule has 3 atom stereocenters. The molecule has 0 saturated carbocycles. The number of piperidine rings is 1. The first kappa shape index (κ1) is 20.7. The summed E-state index contributed by atoms with van der Waals surface area (Å²) >= 11 is 3.73. The van der Waals surface area contributed by atoms with E-state index in [0.29, 0.717) is 12.0 Å². The fraction of sp³-hybridized carbons (Fsp3) is 0.609. The highest BCUT2D eigenvalue weighted by atomic mass is 79.9. The minimum atomic E-state index is 0.0725. The van der Waals surface area contributed by atoms with E-state index in [1.807, 2.05) is 18.7 Å². The number of benzene rings is 1. The minimum Gasteiger partial charge on any atom is -0.358 e. The predicted molar refractivity (Wildman–Crippen MR) is 123 cm³/mol. The number of H-pyrrole nitrogens is 1. The number of rotatable bonds is 5. The molecule has 2 aliphatic rings. The Kier molecular flexibility index (Phi) is 5.94. The van der Waals surface area contributed by atoms with Crippen LogP contribution in [0.2, 0.25) is 0 Å². The van der Waals surface area contributed by atoms with Crippen LogP contribution in [0.1, 0.15) is 56.4 Å². The van der Waals surface area contributed by atoms with Crippen molar-refractivity contribution in [2.24, 2.45) is 0 Å². The predicted octanol–water partition coefficient (Wildman–Crippen LogP) is 4.78. The Balaban J connectivity index is 1.69. The van der Waals surface area contributed by atoms with Gasteiger partial charge in [-0.05, 0) is 69.8 Å². The molecule has 1 aromatic carbocycles. The molecule has 1 aliphatic carbocycles. The summed E-state index contributed by atoms with van der Waals surface area (Å²) in [7, 11) is 0. The second-order valence-corrected chi connectivity index (χ2v) is 9.49. The van der Waals surface area contributed by atoms with Crippen LogP contribution in [0.15, 0.2) is 16.6 Å². The SMILES string of the molecule is CCCN1C[C@@H](NC(=O)N(CC)CC)CC2c3cc(Br)cc4[nH]c(C)c(c34)C[C@H]21. The van der Waals surface area contributed by atoms with Gasteiger partial charge in [0, 0.05) is 58.7 Å². The van der Waals surface area contributed by atoms with Crippen LogP contribution in [0.3, 0.4) is 0 Å². The number of likely N-dealkylation sites (tertiary alicyclic amines) is 1. The molecule has 4 rings (SSSR count). The summed E-state index contributed by atoms with van der Waals surface area (Å²) < 4.78 is 1.13. The van der Waals surface area contributed by atoms with Gasteiger partial charge in [0.2, 0.25) is 0 Å². The number of halogens is 1. The first-order valence-electron chi connectivity index (χ1n) is 11.1. The molecule has 0 radical (unpaired) electrons. The third kappa shape index (κ3) is 3.70. The number of carbonyl (C=O) groups is 1. The van der Waals surface area contributed by atoms with E-state index in [-0.39, 0.29) is 12.1 Å². The zero-order chi connectivity index (χ0) is 20.7. The van der Waals surface area contributed by atoms with Crippen LogP contribution in [0, 0.1) is 6.92 Å². The first-order chi connectivity index (χ1) is 14.0. The van der Waals surface area contributed by atoms with Gasteiger partial charge in [-0.25, -0.2) is 4.79 Å². The molecule has 158 valence electrons. The maximum atomic E-state index is 12.7. The number of nitrogens with zero attached hydrogens (tertiary/aromatic N) is 2. The molecule has 2 aromatic rings. The maximum absolute atomic E-state index is 12.7. The molecule has 1 fully saturated rings. The molecule has 0 bridgehead atoms. The number of hydrogen-bond acceptors (Lipinski definition) is 2. The summed E-state index contributed by atoms with van der Waals surface area (Å²) in [4.78, 5) is 20.8. The Morgan fingerprint density at radius 1 is 1.31 bits per heavy atom. The van der Waals surface area contributed by atoms with E-state index in [1.54, 1.807) is 0 Å². The average Bonchev–Trinajstić information content (AvgIpc) is 2.99. The first-order valence-corrected chi connectivity index (χ1v) is 11.9. The second kappa shape index (κ2) is 8.31. The molecule has 1 aromatic heterocycles. The third-order valence-corrected chi connectivity index (χ3v) is 7.30. The molecule has 2 amide bonds. The molecule has 6 heteroatoms. The number of amides is 2. The van der Waals surface area contributed by atoms with Gasteiger partial charge in [-0.2, -0.15) is 0 Å². The van der Waals surface area contributed by atoms with Crippen molar-refractivity contribution in [3.8, 4) is 0 Å². The van der Waals surface area contributed by atoms with Gasteiger partial charge in [0.15, 0.2) is 0 Å². The molecule has 1 aliphatic heterocycles. The minimum absolute atomic E-state index is 0.0725. The molecule has 29 heavy (non-hydrogen) atoms. The van der Waals surface area contributed by atoms with Crippen molar-refractivity contribution < 1.29 is 4.79 Å². The lowest BCUT2D eigenvalue weighted by atomic mass is 9.73. The van der Waals surface area contributed by atoms with Crippen molar-refractivity contribution in [3.05, 3.63) is 33.4 Å². The molecule has 1 unspecified atom stereocenters. The summed E-state index contributed by atoms with van der Waals surface area (Å²) in [5.74, 6) is 0.444. The van der Waals surface area contributed by atoms with Crippen LogP contribution in [-0.2, 0) is 6.42 Å². The highest BCUT2D eigenvalue weighted by Crippen LogP contribution is 2.45. The lowest BCUT2D eigenvalue weighted by molar-refractivity contribution is 0.0978. The fourth-order valence-corrected chi connectivity index (χ4v) is 6.00. The van der Waals surface area contributed by atoms with Gasteiger partial charge in [-0.1, -0.05) is 22.9 Å². The number of aromatic amines is 1. The van der Waals surface area contributed by atoms with E-state index >= 15 is 0 Å². The maximum Gasteiger partial charge on any atom is 0.317 e. The van der Waals surface area contributed by atoms with Crippen molar-refractivity contribution in [2.75, 3.05) is 26.2 Å². The Morgan fingerprint density at radius 3 is 2.76 bits per heavy atom. The summed E-state index contributed by atoms with van der Waals surface area (Å²) in [6, 6.07) is 5.28. The number of aryl methyl sites for hydroxylation is 1. The fourth-order valence-electron chi connectivity index (χ4n) is 5.53. The quantitative estimate of drug-likeness (QED) is 0.673. The van der Waals surface area contributed by atoms with E-state index in [1.165, 1.54) is 27.7 Å². The largest absolute Gasteiger partial charge is 0.358 e. The third-order valence-electron chi connectivity index (χ3n) is 6.84. The molecule has 2 N–H and O–H groups in total. The summed E-state index contributed by atoms with van der Waals surface area (Å²) in [6.45, 7) is 12.0.